The molecule has 5 N–H and O–H groups in total. The van der Waals surface area contributed by atoms with Gasteiger partial charge in [0.2, 0.25) is 17.7 Å². The zero-order chi connectivity index (χ0) is 31.3. The molecule has 0 aliphatic rings. The summed E-state index contributed by atoms with van der Waals surface area (Å²) in [5.74, 6) is -3.10. The van der Waals surface area contributed by atoms with E-state index < -0.39 is 60.1 Å². The number of benzene rings is 2. The zero-order valence-electron chi connectivity index (χ0n) is 24.8. The molecule has 0 bridgehead atoms. The van der Waals surface area contributed by atoms with Crippen LogP contribution in [0.5, 0.6) is 0 Å². The molecule has 2 rings (SSSR count). The number of carboxylic acids is 1. The lowest BCUT2D eigenvalue weighted by atomic mass is 10.0. The van der Waals surface area contributed by atoms with Crippen LogP contribution in [0, 0.1) is 5.92 Å². The number of carbonyl (C=O) groups excluding carboxylic acids is 4. The van der Waals surface area contributed by atoms with Crippen LogP contribution in [-0.2, 0) is 36.8 Å². The summed E-state index contributed by atoms with van der Waals surface area (Å²) < 4.78 is 5.15. The van der Waals surface area contributed by atoms with Crippen molar-refractivity contribution in [1.29, 1.82) is 0 Å². The molecular formula is C31H42N4O7. The number of alkyl carbamates (subject to hydrolysis) is 1. The fraction of sp³-hybridized carbons (Fsp3) is 0.452. The summed E-state index contributed by atoms with van der Waals surface area (Å²) >= 11 is 0. The Labute approximate surface area is 246 Å². The highest BCUT2D eigenvalue weighted by Crippen LogP contribution is 2.10. The lowest BCUT2D eigenvalue weighted by Crippen LogP contribution is -2.57. The molecule has 2 aromatic carbocycles. The first kappa shape index (κ1) is 33.8. The molecule has 0 aliphatic carbocycles. The Morgan fingerprint density at radius 2 is 1.19 bits per heavy atom. The molecule has 0 aromatic heterocycles. The van der Waals surface area contributed by atoms with E-state index in [0.717, 1.165) is 11.1 Å². The number of ether oxygens (including phenoxy) is 1. The fourth-order valence-corrected chi connectivity index (χ4v) is 4.07. The Bertz CT molecular complexity index is 1200. The van der Waals surface area contributed by atoms with Gasteiger partial charge >= 0.3 is 12.1 Å². The van der Waals surface area contributed by atoms with Crippen LogP contribution in [0.2, 0.25) is 0 Å². The van der Waals surface area contributed by atoms with Crippen LogP contribution < -0.4 is 21.3 Å². The summed E-state index contributed by atoms with van der Waals surface area (Å²) in [4.78, 5) is 63.5. The van der Waals surface area contributed by atoms with Gasteiger partial charge in [0, 0.05) is 12.8 Å². The molecule has 0 spiro atoms. The van der Waals surface area contributed by atoms with Crippen LogP contribution in [0.15, 0.2) is 60.7 Å². The van der Waals surface area contributed by atoms with Gasteiger partial charge < -0.3 is 31.1 Å². The number of rotatable bonds is 14. The van der Waals surface area contributed by atoms with E-state index in [-0.39, 0.29) is 25.2 Å². The lowest BCUT2D eigenvalue weighted by molar-refractivity contribution is -0.142. The van der Waals surface area contributed by atoms with Crippen molar-refractivity contribution < 1.29 is 33.8 Å². The topological polar surface area (TPSA) is 163 Å². The van der Waals surface area contributed by atoms with Crippen molar-refractivity contribution in [3.05, 3.63) is 71.8 Å². The Balaban J connectivity index is 2.24. The Morgan fingerprint density at radius 3 is 1.62 bits per heavy atom. The molecule has 0 fully saturated rings. The average Bonchev–Trinajstić information content (AvgIpc) is 2.90. The van der Waals surface area contributed by atoms with Crippen LogP contribution in [0.4, 0.5) is 4.79 Å². The van der Waals surface area contributed by atoms with E-state index in [2.05, 4.69) is 21.3 Å². The van der Waals surface area contributed by atoms with Crippen molar-refractivity contribution in [1.82, 2.24) is 21.3 Å². The first-order chi connectivity index (χ1) is 19.7. The number of hydrogen-bond acceptors (Lipinski definition) is 6. The number of aliphatic carboxylic acids is 1. The number of nitrogens with one attached hydrogen (secondary N) is 4. The molecule has 0 aliphatic heterocycles. The molecule has 11 nitrogen and oxygen atoms in total. The molecule has 0 saturated heterocycles. The monoisotopic (exact) mass is 582 g/mol. The van der Waals surface area contributed by atoms with Crippen molar-refractivity contribution in [2.24, 2.45) is 5.92 Å². The third-order valence-corrected chi connectivity index (χ3v) is 5.96. The number of amides is 4. The second-order valence-electron chi connectivity index (χ2n) is 11.4. The molecule has 2 aromatic rings. The van der Waals surface area contributed by atoms with Gasteiger partial charge in [0.25, 0.3) is 0 Å². The van der Waals surface area contributed by atoms with Gasteiger partial charge in [-0.15, -0.1) is 0 Å². The molecule has 0 radical (unpaired) electrons. The number of carboxylic acid groups (broad SMARTS) is 1. The molecule has 42 heavy (non-hydrogen) atoms. The van der Waals surface area contributed by atoms with Crippen molar-refractivity contribution in [3.8, 4) is 0 Å². The molecule has 0 unspecified atom stereocenters. The SMILES string of the molecule is CC(C)C[C@H](NC(=O)[C@H](Cc1ccccc1)NC(=O)[C@H](Cc1ccccc1)NC(=O)CNC(=O)OC(C)(C)C)C(=O)O. The van der Waals surface area contributed by atoms with E-state index in [1.807, 2.05) is 26.0 Å². The molecule has 3 atom stereocenters. The minimum atomic E-state index is -1.17. The van der Waals surface area contributed by atoms with Gasteiger partial charge in [0.15, 0.2) is 0 Å². The van der Waals surface area contributed by atoms with E-state index in [1.165, 1.54) is 0 Å². The van der Waals surface area contributed by atoms with Crippen molar-refractivity contribution in [2.75, 3.05) is 6.54 Å². The van der Waals surface area contributed by atoms with Gasteiger partial charge in [0.05, 0.1) is 0 Å². The minimum absolute atomic E-state index is 0.00770. The number of carbonyl (C=O) groups is 5. The molecular weight excluding hydrogens is 540 g/mol. The highest BCUT2D eigenvalue weighted by molar-refractivity contribution is 5.94. The van der Waals surface area contributed by atoms with Gasteiger partial charge in [-0.3, -0.25) is 14.4 Å². The van der Waals surface area contributed by atoms with E-state index in [0.29, 0.717) is 0 Å². The Morgan fingerprint density at radius 1 is 0.738 bits per heavy atom. The third kappa shape index (κ3) is 12.8. The van der Waals surface area contributed by atoms with E-state index in [9.17, 15) is 29.1 Å². The highest BCUT2D eigenvalue weighted by atomic mass is 16.6. The predicted octanol–water partition coefficient (Wildman–Crippen LogP) is 2.58. The minimum Gasteiger partial charge on any atom is -0.480 e. The van der Waals surface area contributed by atoms with Crippen molar-refractivity contribution in [3.63, 3.8) is 0 Å². The van der Waals surface area contributed by atoms with Crippen LogP contribution in [-0.4, -0.2) is 65.2 Å². The number of hydrogen-bond donors (Lipinski definition) is 5. The van der Waals surface area contributed by atoms with E-state index >= 15 is 0 Å². The summed E-state index contributed by atoms with van der Waals surface area (Å²) in [5.41, 5.74) is 0.753. The maximum atomic E-state index is 13.6. The summed E-state index contributed by atoms with van der Waals surface area (Å²) in [7, 11) is 0. The largest absolute Gasteiger partial charge is 0.480 e. The van der Waals surface area contributed by atoms with Crippen LogP contribution >= 0.6 is 0 Å². The predicted molar refractivity (Wildman–Crippen MR) is 157 cm³/mol. The van der Waals surface area contributed by atoms with Crippen LogP contribution in [0.25, 0.3) is 0 Å². The van der Waals surface area contributed by atoms with E-state index in [4.69, 9.17) is 4.74 Å². The first-order valence-corrected chi connectivity index (χ1v) is 13.9. The first-order valence-electron chi connectivity index (χ1n) is 13.9. The maximum Gasteiger partial charge on any atom is 0.408 e. The summed E-state index contributed by atoms with van der Waals surface area (Å²) in [6.45, 7) is 8.33. The molecule has 11 heteroatoms. The lowest BCUT2D eigenvalue weighted by Gasteiger charge is -2.25. The second-order valence-corrected chi connectivity index (χ2v) is 11.4. The molecule has 228 valence electrons. The highest BCUT2D eigenvalue weighted by Gasteiger charge is 2.30. The van der Waals surface area contributed by atoms with Gasteiger partial charge in [0.1, 0.15) is 30.3 Å². The quantitative estimate of drug-likeness (QED) is 0.229. The van der Waals surface area contributed by atoms with Crippen molar-refractivity contribution in [2.45, 2.75) is 77.6 Å². The van der Waals surface area contributed by atoms with Gasteiger partial charge in [-0.1, -0.05) is 74.5 Å². The maximum absolute atomic E-state index is 13.6. The molecule has 0 saturated carbocycles. The summed E-state index contributed by atoms with van der Waals surface area (Å²) in [6, 6.07) is 14.6. The van der Waals surface area contributed by atoms with E-state index in [1.54, 1.807) is 69.3 Å². The summed E-state index contributed by atoms with van der Waals surface area (Å²) in [6.07, 6.45) is -0.366. The summed E-state index contributed by atoms with van der Waals surface area (Å²) in [5, 5.41) is 19.9. The normalized spacial score (nSPS) is 13.3. The zero-order valence-corrected chi connectivity index (χ0v) is 24.8. The van der Waals surface area contributed by atoms with Gasteiger partial charge in [-0.2, -0.15) is 0 Å². The Kier molecular flexibility index (Phi) is 13.0. The molecule has 0 heterocycles. The third-order valence-electron chi connectivity index (χ3n) is 5.96. The van der Waals surface area contributed by atoms with Crippen LogP contribution in [0.3, 0.4) is 0 Å². The smallest absolute Gasteiger partial charge is 0.408 e. The fourth-order valence-electron chi connectivity index (χ4n) is 4.07. The van der Waals surface area contributed by atoms with Gasteiger partial charge in [-0.05, 0) is 44.2 Å². The van der Waals surface area contributed by atoms with Crippen LogP contribution in [0.1, 0.15) is 52.2 Å². The average molecular weight is 583 g/mol. The molecule has 4 amide bonds. The van der Waals surface area contributed by atoms with Crippen molar-refractivity contribution >= 4 is 29.8 Å². The standard InChI is InChI=1S/C31H42N4O7/c1-20(2)16-25(29(39)40)35-28(38)24(18-22-14-10-7-11-15-22)34-27(37)23(17-21-12-8-6-9-13-21)33-26(36)19-32-30(41)42-31(3,4)5/h6-15,20,23-25H,16-19H2,1-5H3,(H,32,41)(H,33,36)(H,34,37)(H,35,38)(H,39,40)/t23-,24-,25-/m0/s1. The van der Waals surface area contributed by atoms with Gasteiger partial charge in [-0.25, -0.2) is 9.59 Å². The second kappa shape index (κ2) is 16.1. The Hall–Kier alpha value is -4.41.